The summed E-state index contributed by atoms with van der Waals surface area (Å²) >= 11 is 0. The van der Waals surface area contributed by atoms with E-state index in [1.807, 2.05) is 14.1 Å². The molecule has 2 aromatic heterocycles. The molecule has 204 valence electrons. The number of carbonyl (C=O) groups is 1. The van der Waals surface area contributed by atoms with Crippen molar-refractivity contribution in [1.82, 2.24) is 14.9 Å². The SMILES string of the molecule is COc1cnc2[nH]cc(C(=O)c3ccc(Oc4ccccc4F)cc3F)c2c1N[C@@H]1CC[C@@H](CN(C)C)OC1. The maximum atomic E-state index is 15.2. The van der Waals surface area contributed by atoms with Crippen molar-refractivity contribution in [2.45, 2.75) is 25.0 Å². The monoisotopic (exact) mass is 536 g/mol. The molecule has 0 aliphatic carbocycles. The molecule has 4 aromatic rings. The normalized spacial score (nSPS) is 17.4. The predicted molar refractivity (Wildman–Crippen MR) is 144 cm³/mol. The average Bonchev–Trinajstić information content (AvgIpc) is 3.35. The number of ether oxygens (including phenoxy) is 3. The summed E-state index contributed by atoms with van der Waals surface area (Å²) < 4.78 is 46.2. The highest BCUT2D eigenvalue weighted by atomic mass is 19.1. The minimum absolute atomic E-state index is 0.00712. The van der Waals surface area contributed by atoms with Gasteiger partial charge in [0.2, 0.25) is 0 Å². The molecule has 0 saturated carbocycles. The van der Waals surface area contributed by atoms with Crippen LogP contribution in [0, 0.1) is 11.6 Å². The first kappa shape index (κ1) is 26.6. The number of hydrogen-bond acceptors (Lipinski definition) is 7. The molecule has 0 bridgehead atoms. The third-order valence-corrected chi connectivity index (χ3v) is 6.67. The Bertz CT molecular complexity index is 1480. The number of anilines is 1. The number of ketones is 1. The first-order valence-corrected chi connectivity index (χ1v) is 12.7. The van der Waals surface area contributed by atoms with Gasteiger partial charge in [-0.25, -0.2) is 13.8 Å². The van der Waals surface area contributed by atoms with Gasteiger partial charge in [0, 0.05) is 24.8 Å². The van der Waals surface area contributed by atoms with Gasteiger partial charge in [-0.05, 0) is 51.2 Å². The number of para-hydroxylation sites is 1. The van der Waals surface area contributed by atoms with Crippen LogP contribution < -0.4 is 14.8 Å². The molecule has 1 aliphatic heterocycles. The second kappa shape index (κ2) is 11.4. The summed E-state index contributed by atoms with van der Waals surface area (Å²) in [6.45, 7) is 1.35. The first-order valence-electron chi connectivity index (χ1n) is 12.7. The largest absolute Gasteiger partial charge is 0.493 e. The van der Waals surface area contributed by atoms with E-state index in [4.69, 9.17) is 14.2 Å². The second-order valence-corrected chi connectivity index (χ2v) is 9.77. The third kappa shape index (κ3) is 5.71. The molecule has 2 aromatic carbocycles. The lowest BCUT2D eigenvalue weighted by Gasteiger charge is -2.32. The Hall–Kier alpha value is -4.02. The van der Waals surface area contributed by atoms with E-state index in [-0.39, 0.29) is 34.8 Å². The van der Waals surface area contributed by atoms with Gasteiger partial charge in [0.1, 0.15) is 17.2 Å². The van der Waals surface area contributed by atoms with Crippen molar-refractivity contribution in [2.75, 3.05) is 39.7 Å². The molecule has 0 radical (unpaired) electrons. The maximum Gasteiger partial charge on any atom is 0.198 e. The Morgan fingerprint density at radius 1 is 1.13 bits per heavy atom. The smallest absolute Gasteiger partial charge is 0.198 e. The van der Waals surface area contributed by atoms with E-state index in [1.165, 1.54) is 43.6 Å². The number of methoxy groups -OCH3 is 1. The molecule has 1 saturated heterocycles. The molecule has 5 rings (SSSR count). The van der Waals surface area contributed by atoms with Gasteiger partial charge in [0.25, 0.3) is 0 Å². The molecule has 10 heteroatoms. The fraction of sp³-hybridized carbons (Fsp3) is 0.310. The molecule has 0 spiro atoms. The number of aromatic nitrogens is 2. The molecule has 8 nitrogen and oxygen atoms in total. The summed E-state index contributed by atoms with van der Waals surface area (Å²) in [7, 11) is 5.56. The molecule has 39 heavy (non-hydrogen) atoms. The van der Waals surface area contributed by atoms with Crippen molar-refractivity contribution >= 4 is 22.5 Å². The van der Waals surface area contributed by atoms with E-state index in [1.54, 1.807) is 12.3 Å². The van der Waals surface area contributed by atoms with Gasteiger partial charge < -0.3 is 29.4 Å². The average molecular weight is 537 g/mol. The predicted octanol–water partition coefficient (Wildman–Crippen LogP) is 5.39. The zero-order valence-electron chi connectivity index (χ0n) is 22.0. The topological polar surface area (TPSA) is 88.7 Å². The van der Waals surface area contributed by atoms with Crippen molar-refractivity contribution in [2.24, 2.45) is 0 Å². The molecular formula is C29H30F2N4O4. The Labute approximate surface area is 224 Å². The highest BCUT2D eigenvalue weighted by Crippen LogP contribution is 2.37. The number of nitrogens with one attached hydrogen (secondary N) is 2. The van der Waals surface area contributed by atoms with Crippen LogP contribution in [0.4, 0.5) is 14.5 Å². The van der Waals surface area contributed by atoms with Crippen LogP contribution in [0.1, 0.15) is 28.8 Å². The van der Waals surface area contributed by atoms with E-state index in [0.29, 0.717) is 29.1 Å². The lowest BCUT2D eigenvalue weighted by atomic mass is 10.0. The highest BCUT2D eigenvalue weighted by Gasteiger charge is 2.27. The van der Waals surface area contributed by atoms with E-state index in [2.05, 4.69) is 20.2 Å². The van der Waals surface area contributed by atoms with E-state index >= 15 is 4.39 Å². The van der Waals surface area contributed by atoms with Gasteiger partial charge >= 0.3 is 0 Å². The standard InChI is InChI=1S/C29H30F2N4O4/c1-35(2)15-19-9-8-17(16-38-19)34-27-25(37-3)14-33-29-26(27)21(13-32-29)28(36)20-11-10-18(12-23(20)31)39-24-7-5-4-6-22(24)30/h4-7,10-14,17,19H,8-9,15-16H2,1-3H3,(H2,32,33,34)/t17-,19+/m1/s1. The van der Waals surface area contributed by atoms with Crippen molar-refractivity contribution < 1.29 is 27.8 Å². The Morgan fingerprint density at radius 2 is 1.95 bits per heavy atom. The van der Waals surface area contributed by atoms with E-state index in [0.717, 1.165) is 25.5 Å². The van der Waals surface area contributed by atoms with Crippen LogP contribution >= 0.6 is 0 Å². The summed E-state index contributed by atoms with van der Waals surface area (Å²) in [4.78, 5) is 23.1. The van der Waals surface area contributed by atoms with Crippen molar-refractivity contribution in [3.63, 3.8) is 0 Å². The van der Waals surface area contributed by atoms with Gasteiger partial charge in [0.05, 0.1) is 48.2 Å². The summed E-state index contributed by atoms with van der Waals surface area (Å²) in [5, 5.41) is 3.98. The number of benzene rings is 2. The quantitative estimate of drug-likeness (QED) is 0.277. The van der Waals surface area contributed by atoms with Gasteiger partial charge in [-0.2, -0.15) is 0 Å². The zero-order valence-corrected chi connectivity index (χ0v) is 22.0. The Balaban J connectivity index is 1.42. The van der Waals surface area contributed by atoms with Crippen LogP contribution in [0.5, 0.6) is 17.2 Å². The maximum absolute atomic E-state index is 15.2. The Morgan fingerprint density at radius 3 is 2.64 bits per heavy atom. The van der Waals surface area contributed by atoms with Crippen molar-refractivity contribution in [1.29, 1.82) is 0 Å². The summed E-state index contributed by atoms with van der Waals surface area (Å²) in [6.07, 6.45) is 5.01. The molecule has 1 fully saturated rings. The third-order valence-electron chi connectivity index (χ3n) is 6.67. The number of carbonyl (C=O) groups excluding carboxylic acids is 1. The minimum Gasteiger partial charge on any atom is -0.493 e. The number of rotatable bonds is 9. The van der Waals surface area contributed by atoms with Crippen molar-refractivity contribution in [3.05, 3.63) is 77.6 Å². The van der Waals surface area contributed by atoms with Crippen molar-refractivity contribution in [3.8, 4) is 17.2 Å². The lowest BCUT2D eigenvalue weighted by molar-refractivity contribution is -0.00377. The first-order chi connectivity index (χ1) is 18.8. The van der Waals surface area contributed by atoms with Crippen LogP contribution in [-0.2, 0) is 4.74 Å². The van der Waals surface area contributed by atoms with Crippen LogP contribution in [0.3, 0.4) is 0 Å². The second-order valence-electron chi connectivity index (χ2n) is 9.77. The van der Waals surface area contributed by atoms with Gasteiger partial charge in [-0.15, -0.1) is 0 Å². The number of pyridine rings is 1. The number of likely N-dealkylation sites (N-methyl/N-ethyl adjacent to an activating group) is 1. The number of halogens is 2. The number of fused-ring (bicyclic) bond motifs is 1. The van der Waals surface area contributed by atoms with E-state index < -0.39 is 17.4 Å². The lowest BCUT2D eigenvalue weighted by Crippen LogP contribution is -2.39. The summed E-state index contributed by atoms with van der Waals surface area (Å²) in [6, 6.07) is 9.64. The fourth-order valence-corrected chi connectivity index (χ4v) is 4.77. The fourth-order valence-electron chi connectivity index (χ4n) is 4.77. The molecule has 3 heterocycles. The molecule has 0 unspecified atom stereocenters. The van der Waals surface area contributed by atoms with Crippen LogP contribution in [0.2, 0.25) is 0 Å². The number of nitrogens with zero attached hydrogens (tertiary/aromatic N) is 2. The van der Waals surface area contributed by atoms with E-state index in [9.17, 15) is 9.18 Å². The molecular weight excluding hydrogens is 506 g/mol. The molecule has 2 atom stereocenters. The highest BCUT2D eigenvalue weighted by molar-refractivity contribution is 6.19. The van der Waals surface area contributed by atoms with Crippen LogP contribution in [-0.4, -0.2) is 67.2 Å². The molecule has 0 amide bonds. The van der Waals surface area contributed by atoms with Gasteiger partial charge in [-0.1, -0.05) is 12.1 Å². The van der Waals surface area contributed by atoms with Gasteiger partial charge in [0.15, 0.2) is 23.1 Å². The molecule has 2 N–H and O–H groups in total. The zero-order chi connectivity index (χ0) is 27.5. The number of H-pyrrole nitrogens is 1. The van der Waals surface area contributed by atoms with Crippen LogP contribution in [0.25, 0.3) is 11.0 Å². The minimum atomic E-state index is -0.791. The number of hydrogen-bond donors (Lipinski definition) is 2. The summed E-state index contributed by atoms with van der Waals surface area (Å²) in [5.74, 6) is -1.41. The summed E-state index contributed by atoms with van der Waals surface area (Å²) in [5.41, 5.74) is 1.14. The molecule has 1 aliphatic rings. The van der Waals surface area contributed by atoms with Crippen LogP contribution in [0.15, 0.2) is 54.9 Å². The van der Waals surface area contributed by atoms with Gasteiger partial charge in [-0.3, -0.25) is 4.79 Å². The number of aromatic amines is 1. The Kier molecular flexibility index (Phi) is 7.76.